The van der Waals surface area contributed by atoms with Gasteiger partial charge in [-0.2, -0.15) is 0 Å². The van der Waals surface area contributed by atoms with E-state index in [1.165, 1.54) is 12.1 Å². The van der Waals surface area contributed by atoms with Crippen LogP contribution in [0.2, 0.25) is 0 Å². The summed E-state index contributed by atoms with van der Waals surface area (Å²) < 4.78 is 12.7. The van der Waals surface area contributed by atoms with E-state index in [2.05, 4.69) is 0 Å². The molecule has 1 rings (SSSR count). The fourth-order valence-electron chi connectivity index (χ4n) is 1.14. The first-order valence-corrected chi connectivity index (χ1v) is 4.22. The minimum absolute atomic E-state index is 0.300. The largest absolute Gasteiger partial charge is 0.478 e. The van der Waals surface area contributed by atoms with Crippen LogP contribution < -0.4 is 0 Å². The van der Waals surface area contributed by atoms with Crippen molar-refractivity contribution in [3.8, 4) is 0 Å². The van der Waals surface area contributed by atoms with Gasteiger partial charge in [-0.25, -0.2) is 9.18 Å². The third kappa shape index (κ3) is 3.02. The van der Waals surface area contributed by atoms with Gasteiger partial charge in [-0.3, -0.25) is 4.79 Å². The summed E-state index contributed by atoms with van der Waals surface area (Å²) in [7, 11) is 0. The number of ketones is 1. The zero-order valence-electron chi connectivity index (χ0n) is 8.03. The number of carboxylic acids is 1. The third-order valence-corrected chi connectivity index (χ3v) is 1.83. The van der Waals surface area contributed by atoms with Gasteiger partial charge in [-0.05, 0) is 36.8 Å². The summed E-state index contributed by atoms with van der Waals surface area (Å²) in [5.74, 6) is -2.07. The van der Waals surface area contributed by atoms with Crippen molar-refractivity contribution >= 4 is 11.8 Å². The Morgan fingerprint density at radius 3 is 2.53 bits per heavy atom. The number of aryl methyl sites for hydroxylation is 1. The molecule has 1 N–H and O–H groups in total. The topological polar surface area (TPSA) is 54.4 Å². The zero-order valence-corrected chi connectivity index (χ0v) is 8.03. The average molecular weight is 208 g/mol. The van der Waals surface area contributed by atoms with Crippen molar-refractivity contribution in [3.63, 3.8) is 0 Å². The molecule has 0 saturated heterocycles. The molecule has 0 spiro atoms. The number of carboxylic acid groups (broad SMARTS) is 1. The summed E-state index contributed by atoms with van der Waals surface area (Å²) in [6.45, 7) is 1.59. The predicted molar refractivity (Wildman–Crippen MR) is 52.2 cm³/mol. The van der Waals surface area contributed by atoms with Gasteiger partial charge in [0.25, 0.3) is 0 Å². The summed E-state index contributed by atoms with van der Waals surface area (Å²) >= 11 is 0. The predicted octanol–water partition coefficient (Wildman–Crippen LogP) is 1.96. The van der Waals surface area contributed by atoms with Gasteiger partial charge in [0, 0.05) is 11.6 Å². The molecular formula is C11H9FO3. The molecule has 1 aromatic carbocycles. The molecule has 0 heterocycles. The van der Waals surface area contributed by atoms with Gasteiger partial charge in [-0.15, -0.1) is 0 Å². The fourth-order valence-corrected chi connectivity index (χ4v) is 1.14. The molecule has 0 amide bonds. The second-order valence-electron chi connectivity index (χ2n) is 3.00. The van der Waals surface area contributed by atoms with Gasteiger partial charge in [0.05, 0.1) is 0 Å². The van der Waals surface area contributed by atoms with Gasteiger partial charge in [0.15, 0.2) is 5.78 Å². The van der Waals surface area contributed by atoms with Gasteiger partial charge in [0.1, 0.15) is 5.82 Å². The highest BCUT2D eigenvalue weighted by Gasteiger charge is 2.06. The van der Waals surface area contributed by atoms with E-state index >= 15 is 0 Å². The Morgan fingerprint density at radius 2 is 2.00 bits per heavy atom. The maximum absolute atomic E-state index is 12.7. The van der Waals surface area contributed by atoms with Gasteiger partial charge in [0.2, 0.25) is 0 Å². The average Bonchev–Trinajstić information content (AvgIpc) is 2.14. The van der Waals surface area contributed by atoms with E-state index in [0.717, 1.165) is 18.2 Å². The molecule has 0 atom stereocenters. The SMILES string of the molecule is Cc1cc(F)ccc1C(=O)C=CC(=O)O. The summed E-state index contributed by atoms with van der Waals surface area (Å²) in [6.07, 6.45) is 1.70. The number of rotatable bonds is 3. The number of carbonyl (C=O) groups is 2. The monoisotopic (exact) mass is 208 g/mol. The Kier molecular flexibility index (Phi) is 3.33. The van der Waals surface area contributed by atoms with Crippen LogP contribution in [-0.4, -0.2) is 16.9 Å². The molecule has 1 aromatic rings. The normalized spacial score (nSPS) is 10.5. The Hall–Kier alpha value is -1.97. The molecule has 4 heteroatoms. The lowest BCUT2D eigenvalue weighted by Gasteiger charge is -2.00. The smallest absolute Gasteiger partial charge is 0.328 e. The van der Waals surface area contributed by atoms with E-state index in [1.807, 2.05) is 0 Å². The minimum atomic E-state index is -1.19. The lowest BCUT2D eigenvalue weighted by Crippen LogP contribution is -1.99. The van der Waals surface area contributed by atoms with Crippen LogP contribution in [0.4, 0.5) is 4.39 Å². The summed E-state index contributed by atoms with van der Waals surface area (Å²) in [4.78, 5) is 21.6. The molecule has 3 nitrogen and oxygen atoms in total. The maximum Gasteiger partial charge on any atom is 0.328 e. The molecule has 0 aliphatic heterocycles. The van der Waals surface area contributed by atoms with Crippen molar-refractivity contribution in [2.45, 2.75) is 6.92 Å². The second-order valence-corrected chi connectivity index (χ2v) is 3.00. The Bertz CT molecular complexity index is 435. The van der Waals surface area contributed by atoms with Crippen molar-refractivity contribution in [2.75, 3.05) is 0 Å². The summed E-state index contributed by atoms with van der Waals surface area (Å²) in [5, 5.41) is 8.32. The highest BCUT2D eigenvalue weighted by molar-refractivity contribution is 6.07. The molecule has 0 fully saturated rings. The van der Waals surface area contributed by atoms with Gasteiger partial charge < -0.3 is 5.11 Å². The van der Waals surface area contributed by atoms with Crippen molar-refractivity contribution in [1.29, 1.82) is 0 Å². The van der Waals surface area contributed by atoms with E-state index in [1.54, 1.807) is 6.92 Å². The van der Waals surface area contributed by atoms with Crippen LogP contribution in [0, 0.1) is 12.7 Å². The number of benzene rings is 1. The summed E-state index contributed by atoms with van der Waals surface area (Å²) in [5.41, 5.74) is 0.781. The number of allylic oxidation sites excluding steroid dienone is 1. The first-order chi connectivity index (χ1) is 7.00. The van der Waals surface area contributed by atoms with Crippen molar-refractivity contribution in [2.24, 2.45) is 0 Å². The Labute approximate surface area is 85.8 Å². The van der Waals surface area contributed by atoms with Crippen LogP contribution in [0.5, 0.6) is 0 Å². The van der Waals surface area contributed by atoms with E-state index in [9.17, 15) is 14.0 Å². The Balaban J connectivity index is 2.97. The van der Waals surface area contributed by atoms with E-state index in [0.29, 0.717) is 11.1 Å². The van der Waals surface area contributed by atoms with Crippen molar-refractivity contribution in [3.05, 3.63) is 47.3 Å². The maximum atomic E-state index is 12.7. The van der Waals surface area contributed by atoms with Crippen LogP contribution in [0.3, 0.4) is 0 Å². The minimum Gasteiger partial charge on any atom is -0.478 e. The van der Waals surface area contributed by atoms with E-state index in [4.69, 9.17) is 5.11 Å². The Morgan fingerprint density at radius 1 is 1.33 bits per heavy atom. The molecule has 78 valence electrons. The lowest BCUT2D eigenvalue weighted by atomic mass is 10.0. The highest BCUT2D eigenvalue weighted by atomic mass is 19.1. The van der Waals surface area contributed by atoms with Gasteiger partial charge in [-0.1, -0.05) is 0 Å². The molecular weight excluding hydrogens is 199 g/mol. The van der Waals surface area contributed by atoms with E-state index in [-0.39, 0.29) is 0 Å². The number of hydrogen-bond acceptors (Lipinski definition) is 2. The number of aliphatic carboxylic acids is 1. The zero-order chi connectivity index (χ0) is 11.4. The summed E-state index contributed by atoms with van der Waals surface area (Å²) in [6, 6.07) is 3.72. The first-order valence-electron chi connectivity index (χ1n) is 4.22. The van der Waals surface area contributed by atoms with Gasteiger partial charge >= 0.3 is 5.97 Å². The standard InChI is InChI=1S/C11H9FO3/c1-7-6-8(12)2-3-9(7)10(13)4-5-11(14)15/h2-6H,1H3,(H,14,15). The van der Waals surface area contributed by atoms with Crippen LogP contribution in [0.25, 0.3) is 0 Å². The number of halogens is 1. The van der Waals surface area contributed by atoms with Crippen LogP contribution in [-0.2, 0) is 4.79 Å². The molecule has 0 radical (unpaired) electrons. The molecule has 0 bridgehead atoms. The van der Waals surface area contributed by atoms with Crippen LogP contribution in [0.1, 0.15) is 15.9 Å². The highest BCUT2D eigenvalue weighted by Crippen LogP contribution is 2.11. The third-order valence-electron chi connectivity index (χ3n) is 1.83. The molecule has 0 aliphatic rings. The molecule has 0 aromatic heterocycles. The van der Waals surface area contributed by atoms with Crippen molar-refractivity contribution in [1.82, 2.24) is 0 Å². The lowest BCUT2D eigenvalue weighted by molar-refractivity contribution is -0.131. The van der Waals surface area contributed by atoms with Crippen LogP contribution >= 0.6 is 0 Å². The molecule has 0 aliphatic carbocycles. The van der Waals surface area contributed by atoms with Crippen molar-refractivity contribution < 1.29 is 19.1 Å². The molecule has 0 saturated carbocycles. The van der Waals surface area contributed by atoms with Crippen LogP contribution in [0.15, 0.2) is 30.4 Å². The van der Waals surface area contributed by atoms with E-state index < -0.39 is 17.6 Å². The second kappa shape index (κ2) is 4.50. The molecule has 15 heavy (non-hydrogen) atoms. The molecule has 0 unspecified atom stereocenters. The first kappa shape index (κ1) is 11.1. The fraction of sp³-hybridized carbons (Fsp3) is 0.0909. The number of hydrogen-bond donors (Lipinski definition) is 1. The quantitative estimate of drug-likeness (QED) is 0.610. The number of carbonyl (C=O) groups excluding carboxylic acids is 1.